The van der Waals surface area contributed by atoms with Gasteiger partial charge in [0.1, 0.15) is 5.69 Å². The van der Waals surface area contributed by atoms with Crippen LogP contribution in [0.25, 0.3) is 0 Å². The lowest BCUT2D eigenvalue weighted by molar-refractivity contribution is 0.0718. The Balaban J connectivity index is 2.08. The second kappa shape index (κ2) is 7.03. The predicted octanol–water partition coefficient (Wildman–Crippen LogP) is 0.553. The standard InChI is InChI=1S/C14H20N4O3/c15-13(17-21)10-5-6-12(16-9-10)14(20)18-7-1-3-11(18)4-2-8-19/h5-6,9,11,19,21H,1-4,7-8H2,(H2,15,17). The minimum Gasteiger partial charge on any atom is -0.409 e. The van der Waals surface area contributed by atoms with E-state index in [0.29, 0.717) is 17.7 Å². The summed E-state index contributed by atoms with van der Waals surface area (Å²) in [5.74, 6) is -0.148. The normalized spacial score (nSPS) is 19.0. The predicted molar refractivity (Wildman–Crippen MR) is 77.1 cm³/mol. The second-order valence-electron chi connectivity index (χ2n) is 5.08. The summed E-state index contributed by atoms with van der Waals surface area (Å²) in [4.78, 5) is 18.4. The Morgan fingerprint density at radius 1 is 1.52 bits per heavy atom. The fraction of sp³-hybridized carbons (Fsp3) is 0.500. The van der Waals surface area contributed by atoms with E-state index in [1.807, 2.05) is 4.90 Å². The van der Waals surface area contributed by atoms with Crippen LogP contribution in [0.3, 0.4) is 0 Å². The van der Waals surface area contributed by atoms with Gasteiger partial charge in [0, 0.05) is 31.0 Å². The number of hydrogen-bond donors (Lipinski definition) is 3. The molecule has 2 heterocycles. The zero-order chi connectivity index (χ0) is 15.2. The highest BCUT2D eigenvalue weighted by Gasteiger charge is 2.29. The average molecular weight is 292 g/mol. The van der Waals surface area contributed by atoms with Crippen molar-refractivity contribution in [1.29, 1.82) is 0 Å². The van der Waals surface area contributed by atoms with E-state index in [-0.39, 0.29) is 24.4 Å². The van der Waals surface area contributed by atoms with Crippen molar-refractivity contribution < 1.29 is 15.1 Å². The van der Waals surface area contributed by atoms with E-state index in [0.717, 1.165) is 25.8 Å². The number of likely N-dealkylation sites (tertiary alicyclic amines) is 1. The van der Waals surface area contributed by atoms with E-state index in [1.54, 1.807) is 12.1 Å². The van der Waals surface area contributed by atoms with Gasteiger partial charge in [-0.1, -0.05) is 5.16 Å². The third kappa shape index (κ3) is 3.49. The molecule has 0 spiro atoms. The van der Waals surface area contributed by atoms with Gasteiger partial charge >= 0.3 is 0 Å². The number of aliphatic hydroxyl groups excluding tert-OH is 1. The number of aliphatic hydroxyl groups is 1. The fourth-order valence-corrected chi connectivity index (χ4v) is 2.61. The maximum atomic E-state index is 12.5. The summed E-state index contributed by atoms with van der Waals surface area (Å²) in [5.41, 5.74) is 6.27. The number of nitrogens with two attached hydrogens (primary N) is 1. The summed E-state index contributed by atoms with van der Waals surface area (Å²) in [6, 6.07) is 3.36. The lowest BCUT2D eigenvalue weighted by Gasteiger charge is -2.24. The third-order valence-electron chi connectivity index (χ3n) is 3.72. The van der Waals surface area contributed by atoms with E-state index in [1.165, 1.54) is 6.20 Å². The van der Waals surface area contributed by atoms with Crippen LogP contribution in [0, 0.1) is 0 Å². The van der Waals surface area contributed by atoms with Gasteiger partial charge in [-0.05, 0) is 37.8 Å². The van der Waals surface area contributed by atoms with Crippen LogP contribution in [-0.4, -0.2) is 51.1 Å². The van der Waals surface area contributed by atoms with Gasteiger partial charge in [0.05, 0.1) is 0 Å². The molecule has 1 fully saturated rings. The van der Waals surface area contributed by atoms with E-state index >= 15 is 0 Å². The van der Waals surface area contributed by atoms with Gasteiger partial charge in [-0.2, -0.15) is 0 Å². The van der Waals surface area contributed by atoms with Gasteiger partial charge in [0.15, 0.2) is 5.84 Å². The summed E-state index contributed by atoms with van der Waals surface area (Å²) < 4.78 is 0. The van der Waals surface area contributed by atoms with Gasteiger partial charge in [0.25, 0.3) is 5.91 Å². The highest BCUT2D eigenvalue weighted by molar-refractivity contribution is 5.98. The number of oxime groups is 1. The van der Waals surface area contributed by atoms with E-state index in [9.17, 15) is 4.79 Å². The lowest BCUT2D eigenvalue weighted by atomic mass is 10.1. The Labute approximate surface area is 123 Å². The Hall–Kier alpha value is -2.15. The van der Waals surface area contributed by atoms with Crippen molar-refractivity contribution in [3.63, 3.8) is 0 Å². The molecule has 0 bridgehead atoms. The Morgan fingerprint density at radius 2 is 2.33 bits per heavy atom. The van der Waals surface area contributed by atoms with Crippen molar-refractivity contribution in [2.45, 2.75) is 31.7 Å². The highest BCUT2D eigenvalue weighted by Crippen LogP contribution is 2.23. The molecule has 1 aliphatic heterocycles. The molecule has 7 nitrogen and oxygen atoms in total. The van der Waals surface area contributed by atoms with E-state index < -0.39 is 0 Å². The fourth-order valence-electron chi connectivity index (χ4n) is 2.61. The van der Waals surface area contributed by atoms with Crippen LogP contribution in [0.15, 0.2) is 23.5 Å². The zero-order valence-corrected chi connectivity index (χ0v) is 11.8. The number of amidine groups is 1. The first-order valence-corrected chi connectivity index (χ1v) is 7.03. The van der Waals surface area contributed by atoms with Gasteiger partial charge in [-0.3, -0.25) is 9.78 Å². The SMILES string of the molecule is NC(=NO)c1ccc(C(=O)N2CCCC2CCCO)nc1. The number of hydrogen-bond acceptors (Lipinski definition) is 5. The molecule has 21 heavy (non-hydrogen) atoms. The molecule has 1 saturated heterocycles. The number of amides is 1. The number of aromatic nitrogens is 1. The maximum Gasteiger partial charge on any atom is 0.272 e. The molecule has 0 radical (unpaired) electrons. The Bertz CT molecular complexity index is 515. The van der Waals surface area contributed by atoms with E-state index in [2.05, 4.69) is 10.1 Å². The van der Waals surface area contributed by atoms with Crippen LogP contribution >= 0.6 is 0 Å². The molecule has 1 atom stereocenters. The first kappa shape index (κ1) is 15.2. The Morgan fingerprint density at radius 3 is 2.95 bits per heavy atom. The number of pyridine rings is 1. The molecule has 0 saturated carbocycles. The molecular weight excluding hydrogens is 272 g/mol. The summed E-state index contributed by atoms with van der Waals surface area (Å²) in [5, 5.41) is 20.4. The maximum absolute atomic E-state index is 12.5. The molecule has 1 unspecified atom stereocenters. The highest BCUT2D eigenvalue weighted by atomic mass is 16.4. The van der Waals surface area contributed by atoms with Crippen molar-refractivity contribution in [2.75, 3.05) is 13.2 Å². The second-order valence-corrected chi connectivity index (χ2v) is 5.08. The minimum atomic E-state index is -0.110. The van der Waals surface area contributed by atoms with Crippen LogP contribution in [0.1, 0.15) is 41.7 Å². The quantitative estimate of drug-likeness (QED) is 0.317. The van der Waals surface area contributed by atoms with Crippen molar-refractivity contribution in [2.24, 2.45) is 10.9 Å². The monoisotopic (exact) mass is 292 g/mol. The van der Waals surface area contributed by atoms with Gasteiger partial charge in [0.2, 0.25) is 0 Å². The number of carbonyl (C=O) groups is 1. The number of rotatable bonds is 5. The molecule has 1 aliphatic rings. The molecule has 1 aromatic heterocycles. The molecule has 7 heteroatoms. The van der Waals surface area contributed by atoms with Crippen molar-refractivity contribution in [3.8, 4) is 0 Å². The van der Waals surface area contributed by atoms with Crippen LogP contribution in [0.5, 0.6) is 0 Å². The summed E-state index contributed by atoms with van der Waals surface area (Å²) in [6.45, 7) is 0.865. The van der Waals surface area contributed by atoms with E-state index in [4.69, 9.17) is 16.0 Å². The van der Waals surface area contributed by atoms with Gasteiger partial charge in [-0.15, -0.1) is 0 Å². The number of carbonyl (C=O) groups excluding carboxylic acids is 1. The molecule has 4 N–H and O–H groups in total. The van der Waals surface area contributed by atoms with Crippen LogP contribution in [0.4, 0.5) is 0 Å². The van der Waals surface area contributed by atoms with Gasteiger partial charge in [-0.25, -0.2) is 0 Å². The van der Waals surface area contributed by atoms with Crippen molar-refractivity contribution in [1.82, 2.24) is 9.88 Å². The summed E-state index contributed by atoms with van der Waals surface area (Å²) in [7, 11) is 0. The first-order valence-electron chi connectivity index (χ1n) is 7.03. The average Bonchev–Trinajstić information content (AvgIpc) is 3.00. The molecule has 1 amide bonds. The number of nitrogens with zero attached hydrogens (tertiary/aromatic N) is 3. The Kier molecular flexibility index (Phi) is 5.10. The van der Waals surface area contributed by atoms with Crippen molar-refractivity contribution >= 4 is 11.7 Å². The van der Waals surface area contributed by atoms with Crippen LogP contribution in [0.2, 0.25) is 0 Å². The molecular formula is C14H20N4O3. The summed E-state index contributed by atoms with van der Waals surface area (Å²) in [6.07, 6.45) is 4.87. The molecule has 2 rings (SSSR count). The van der Waals surface area contributed by atoms with Crippen LogP contribution < -0.4 is 5.73 Å². The van der Waals surface area contributed by atoms with Crippen molar-refractivity contribution in [3.05, 3.63) is 29.6 Å². The molecule has 114 valence electrons. The largest absolute Gasteiger partial charge is 0.409 e. The summed E-state index contributed by atoms with van der Waals surface area (Å²) >= 11 is 0. The topological polar surface area (TPSA) is 112 Å². The zero-order valence-electron chi connectivity index (χ0n) is 11.8. The smallest absolute Gasteiger partial charge is 0.272 e. The minimum absolute atomic E-state index is 0.0384. The first-order chi connectivity index (χ1) is 10.2. The lowest BCUT2D eigenvalue weighted by Crippen LogP contribution is -2.36. The molecule has 1 aromatic rings. The van der Waals surface area contributed by atoms with Gasteiger partial charge < -0.3 is 20.9 Å². The third-order valence-corrected chi connectivity index (χ3v) is 3.72. The van der Waals surface area contributed by atoms with Crippen LogP contribution in [-0.2, 0) is 0 Å². The molecule has 0 aromatic carbocycles. The molecule has 0 aliphatic carbocycles.